The van der Waals surface area contributed by atoms with Crippen LogP contribution in [0.3, 0.4) is 0 Å². The molecule has 0 fully saturated rings. The third-order valence-electron chi connectivity index (χ3n) is 6.16. The average molecular weight is 520 g/mol. The molecule has 2 heterocycles. The van der Waals surface area contributed by atoms with Crippen LogP contribution in [0.25, 0.3) is 21.9 Å². The van der Waals surface area contributed by atoms with Gasteiger partial charge in [-0.2, -0.15) is 0 Å². The second kappa shape index (κ2) is 13.8. The number of nitrogens with one attached hydrogen (secondary N) is 1. The van der Waals surface area contributed by atoms with Crippen molar-refractivity contribution in [2.75, 3.05) is 12.3 Å². The van der Waals surface area contributed by atoms with Crippen LogP contribution in [0.15, 0.2) is 84.9 Å². The molecule has 0 aliphatic rings. The van der Waals surface area contributed by atoms with Crippen molar-refractivity contribution in [3.05, 3.63) is 102 Å². The summed E-state index contributed by atoms with van der Waals surface area (Å²) in [6.07, 6.45) is 2.65. The molecule has 0 unspecified atom stereocenters. The van der Waals surface area contributed by atoms with Crippen LogP contribution >= 0.6 is 0 Å². The minimum Gasteiger partial charge on any atom is -0.478 e. The highest BCUT2D eigenvalue weighted by Crippen LogP contribution is 2.29. The van der Waals surface area contributed by atoms with E-state index in [1.807, 2.05) is 48.5 Å². The number of aromatic carboxylic acids is 1. The molecule has 5 aromatic rings. The number of anilines is 1. The maximum Gasteiger partial charge on any atom is 0.335 e. The first-order valence-electron chi connectivity index (χ1n) is 12.6. The molecule has 3 aromatic carbocycles. The molecule has 2 aromatic heterocycles. The molecular formula is C30H31BN5O3. The summed E-state index contributed by atoms with van der Waals surface area (Å²) < 4.78 is 2.26. The number of nitrogens with zero attached hydrogens (tertiary/aromatic N) is 3. The van der Waals surface area contributed by atoms with E-state index in [2.05, 4.69) is 27.9 Å². The highest BCUT2D eigenvalue weighted by atomic mass is 16.4. The molecule has 197 valence electrons. The average Bonchev–Trinajstić information content (AvgIpc) is 3.33. The number of fused-ring (bicyclic) bond motifs is 3. The summed E-state index contributed by atoms with van der Waals surface area (Å²) in [6.45, 7) is 3.57. The van der Waals surface area contributed by atoms with E-state index in [9.17, 15) is 9.59 Å². The van der Waals surface area contributed by atoms with Crippen LogP contribution in [0.1, 0.15) is 46.3 Å². The van der Waals surface area contributed by atoms with E-state index >= 15 is 0 Å². The van der Waals surface area contributed by atoms with Gasteiger partial charge in [0.1, 0.15) is 11.3 Å². The van der Waals surface area contributed by atoms with Crippen LogP contribution < -0.4 is 11.1 Å². The van der Waals surface area contributed by atoms with Crippen molar-refractivity contribution in [2.24, 2.45) is 0 Å². The SMILES string of the molecule is CCc1nc2c(N)nc3ccccc3c2n1CCCCNC(=O)c1ccccc1.O=C(O)c1ccccc1.[B]. The zero-order chi connectivity index (χ0) is 26.9. The van der Waals surface area contributed by atoms with E-state index in [0.29, 0.717) is 23.5 Å². The quantitative estimate of drug-likeness (QED) is 0.197. The zero-order valence-electron chi connectivity index (χ0n) is 21.9. The van der Waals surface area contributed by atoms with Crippen LogP contribution in [0.2, 0.25) is 0 Å². The van der Waals surface area contributed by atoms with E-state index in [0.717, 1.165) is 53.6 Å². The molecule has 0 saturated carbocycles. The highest BCUT2D eigenvalue weighted by molar-refractivity contribution is 6.06. The van der Waals surface area contributed by atoms with Crippen molar-refractivity contribution < 1.29 is 14.7 Å². The predicted molar refractivity (Wildman–Crippen MR) is 156 cm³/mol. The van der Waals surface area contributed by atoms with Gasteiger partial charge in [-0.15, -0.1) is 0 Å². The summed E-state index contributed by atoms with van der Waals surface area (Å²) >= 11 is 0. The van der Waals surface area contributed by atoms with Gasteiger partial charge in [0.05, 0.1) is 16.6 Å². The van der Waals surface area contributed by atoms with Crippen LogP contribution in [0.4, 0.5) is 5.82 Å². The lowest BCUT2D eigenvalue weighted by Gasteiger charge is -2.11. The largest absolute Gasteiger partial charge is 0.478 e. The zero-order valence-corrected chi connectivity index (χ0v) is 21.9. The van der Waals surface area contributed by atoms with Gasteiger partial charge in [-0.1, -0.05) is 61.5 Å². The van der Waals surface area contributed by atoms with Crippen molar-refractivity contribution >= 4 is 48.0 Å². The number of carbonyl (C=O) groups excluding carboxylic acids is 1. The van der Waals surface area contributed by atoms with Gasteiger partial charge in [0.2, 0.25) is 0 Å². The number of carbonyl (C=O) groups is 2. The summed E-state index contributed by atoms with van der Waals surface area (Å²) in [4.78, 5) is 31.6. The molecule has 5 rings (SSSR count). The minimum absolute atomic E-state index is 0. The van der Waals surface area contributed by atoms with Crippen molar-refractivity contribution in [3.63, 3.8) is 0 Å². The number of nitrogens with two attached hydrogens (primary N) is 1. The van der Waals surface area contributed by atoms with Crippen LogP contribution in [0.5, 0.6) is 0 Å². The molecule has 3 radical (unpaired) electrons. The standard InChI is InChI=1S/C23H25N5O.C7H6O2.B/c1-2-19-27-20-21(17-12-6-7-13-18(17)26-22(20)24)28(19)15-9-8-14-25-23(29)16-10-4-3-5-11-16;8-7(9)6-4-2-1-3-5-6;/h3-7,10-13H,2,8-9,14-15H2,1H3,(H2,24,26)(H,25,29);1-5H,(H,8,9);. The molecule has 1 amide bonds. The second-order valence-corrected chi connectivity index (χ2v) is 8.74. The fourth-order valence-corrected chi connectivity index (χ4v) is 4.28. The van der Waals surface area contributed by atoms with E-state index in [1.54, 1.807) is 30.3 Å². The first kappa shape index (κ1) is 28.9. The Bertz CT molecular complexity index is 1540. The summed E-state index contributed by atoms with van der Waals surface area (Å²) in [6, 6.07) is 25.6. The summed E-state index contributed by atoms with van der Waals surface area (Å²) in [5, 5.41) is 12.4. The van der Waals surface area contributed by atoms with Gasteiger partial charge in [0.15, 0.2) is 5.82 Å². The van der Waals surface area contributed by atoms with Crippen LogP contribution in [-0.4, -0.2) is 46.5 Å². The fourth-order valence-electron chi connectivity index (χ4n) is 4.28. The van der Waals surface area contributed by atoms with E-state index in [-0.39, 0.29) is 14.3 Å². The number of aromatic nitrogens is 3. The molecule has 0 aliphatic carbocycles. The van der Waals surface area contributed by atoms with Gasteiger partial charge in [0.25, 0.3) is 5.91 Å². The molecule has 0 aliphatic heterocycles. The number of rotatable bonds is 8. The van der Waals surface area contributed by atoms with Crippen LogP contribution in [-0.2, 0) is 13.0 Å². The van der Waals surface area contributed by atoms with Crippen LogP contribution in [0, 0.1) is 0 Å². The Hall–Kier alpha value is -4.66. The topological polar surface area (TPSA) is 123 Å². The van der Waals surface area contributed by atoms with Gasteiger partial charge in [-0.05, 0) is 43.2 Å². The smallest absolute Gasteiger partial charge is 0.335 e. The monoisotopic (exact) mass is 520 g/mol. The van der Waals surface area contributed by atoms with Crippen molar-refractivity contribution in [1.29, 1.82) is 0 Å². The first-order chi connectivity index (χ1) is 18.5. The number of para-hydroxylation sites is 1. The Kier molecular flexibility index (Phi) is 10.2. The lowest BCUT2D eigenvalue weighted by molar-refractivity contribution is 0.0696. The number of carboxylic acid groups (broad SMARTS) is 1. The number of pyridine rings is 1. The van der Waals surface area contributed by atoms with Gasteiger partial charge < -0.3 is 20.7 Å². The van der Waals surface area contributed by atoms with E-state index in [1.165, 1.54) is 0 Å². The second-order valence-electron chi connectivity index (χ2n) is 8.74. The fraction of sp³-hybridized carbons (Fsp3) is 0.200. The maximum atomic E-state index is 12.1. The maximum absolute atomic E-state index is 12.1. The number of unbranched alkanes of at least 4 members (excludes halogenated alkanes) is 1. The molecule has 0 spiro atoms. The predicted octanol–water partition coefficient (Wildman–Crippen LogP) is 4.94. The summed E-state index contributed by atoms with van der Waals surface area (Å²) in [7, 11) is 0. The molecule has 9 heteroatoms. The van der Waals surface area contributed by atoms with Gasteiger partial charge in [0, 0.05) is 38.9 Å². The minimum atomic E-state index is -0.879. The Balaban J connectivity index is 0.000000359. The number of hydrogen-bond donors (Lipinski definition) is 3. The number of amides is 1. The third kappa shape index (κ3) is 7.01. The van der Waals surface area contributed by atoms with Crippen molar-refractivity contribution in [1.82, 2.24) is 19.9 Å². The number of benzene rings is 3. The molecule has 4 N–H and O–H groups in total. The Morgan fingerprint density at radius 2 is 1.49 bits per heavy atom. The van der Waals surface area contributed by atoms with Gasteiger partial charge >= 0.3 is 5.97 Å². The number of aryl methyl sites for hydroxylation is 2. The Morgan fingerprint density at radius 3 is 2.10 bits per heavy atom. The number of imidazole rings is 1. The lowest BCUT2D eigenvalue weighted by Crippen LogP contribution is -2.24. The molecule has 8 nitrogen and oxygen atoms in total. The Morgan fingerprint density at radius 1 is 0.872 bits per heavy atom. The Labute approximate surface area is 229 Å². The molecule has 0 atom stereocenters. The van der Waals surface area contributed by atoms with Gasteiger partial charge in [-0.25, -0.2) is 14.8 Å². The molecule has 0 saturated heterocycles. The lowest BCUT2D eigenvalue weighted by atomic mass is 10.2. The molecular weight excluding hydrogens is 489 g/mol. The van der Waals surface area contributed by atoms with E-state index in [4.69, 9.17) is 15.8 Å². The summed E-state index contributed by atoms with van der Waals surface area (Å²) in [5.74, 6) is 0.578. The van der Waals surface area contributed by atoms with Gasteiger partial charge in [-0.3, -0.25) is 4.79 Å². The van der Waals surface area contributed by atoms with Crippen molar-refractivity contribution in [3.8, 4) is 0 Å². The van der Waals surface area contributed by atoms with E-state index < -0.39 is 5.97 Å². The number of carboxylic acids is 1. The number of nitrogen functional groups attached to an aromatic ring is 1. The third-order valence-corrected chi connectivity index (χ3v) is 6.16. The normalized spacial score (nSPS) is 10.4. The number of hydrogen-bond acceptors (Lipinski definition) is 5. The molecule has 39 heavy (non-hydrogen) atoms. The first-order valence-corrected chi connectivity index (χ1v) is 12.6. The highest BCUT2D eigenvalue weighted by Gasteiger charge is 2.16. The van der Waals surface area contributed by atoms with Crippen molar-refractivity contribution in [2.45, 2.75) is 32.7 Å². The summed E-state index contributed by atoms with van der Waals surface area (Å²) in [5.41, 5.74) is 9.93. The molecule has 0 bridgehead atoms.